The number of halogens is 1. The molecule has 0 fully saturated rings. The normalized spacial score (nSPS) is 12.4. The summed E-state index contributed by atoms with van der Waals surface area (Å²) in [4.78, 5) is 3.53. The number of fused-ring (bicyclic) bond motifs is 3. The first-order valence-electron chi connectivity index (χ1n) is 9.27. The van der Waals surface area contributed by atoms with Gasteiger partial charge in [0, 0.05) is 32.0 Å². The molecule has 29 heavy (non-hydrogen) atoms. The number of thioether (sulfide) groups is 1. The highest BCUT2D eigenvalue weighted by Gasteiger charge is 2.12. The van der Waals surface area contributed by atoms with Crippen LogP contribution in [0.5, 0.6) is 0 Å². The number of hydrogen-bond acceptors (Lipinski definition) is 3. The minimum atomic E-state index is 0.455. The van der Waals surface area contributed by atoms with Crippen molar-refractivity contribution in [2.45, 2.75) is 19.6 Å². The second kappa shape index (κ2) is 8.43. The van der Waals surface area contributed by atoms with Crippen LogP contribution in [0.2, 0.25) is 0 Å². The molecule has 3 aromatic carbocycles. The third-order valence-corrected chi connectivity index (χ3v) is 6.27. The summed E-state index contributed by atoms with van der Waals surface area (Å²) in [5.74, 6) is 0.778. The molecule has 0 atom stereocenters. The Balaban J connectivity index is 1.61. The standard InChI is InChI=1S/C23H21BrN4S/c1-14-10-17(12-26-28-23(25)29-13-16-6-4-3-5-7-16)15(2)21-19-11-18(24)8-9-20(19)27-22(14)21/h3-12,27H,13H2,1-2H3,(H2,25,28). The third kappa shape index (κ3) is 4.23. The first-order valence-corrected chi connectivity index (χ1v) is 11.0. The fourth-order valence-corrected chi connectivity index (χ4v) is 4.42. The summed E-state index contributed by atoms with van der Waals surface area (Å²) in [6, 6.07) is 18.6. The molecular weight excluding hydrogens is 444 g/mol. The minimum absolute atomic E-state index is 0.455. The van der Waals surface area contributed by atoms with Gasteiger partial charge in [-0.05, 0) is 60.4 Å². The number of hydrogen-bond donors (Lipinski definition) is 2. The molecule has 0 radical (unpaired) electrons. The van der Waals surface area contributed by atoms with E-state index in [1.807, 2.05) is 18.2 Å². The molecule has 4 nitrogen and oxygen atoms in total. The first-order chi connectivity index (χ1) is 14.0. The topological polar surface area (TPSA) is 66.5 Å². The molecule has 1 aromatic heterocycles. The Bertz CT molecular complexity index is 1240. The number of amidine groups is 1. The molecule has 0 spiro atoms. The Labute approximate surface area is 182 Å². The highest BCUT2D eigenvalue weighted by atomic mass is 79.9. The van der Waals surface area contributed by atoms with E-state index in [0.717, 1.165) is 26.8 Å². The van der Waals surface area contributed by atoms with E-state index in [1.165, 1.54) is 39.2 Å². The van der Waals surface area contributed by atoms with E-state index >= 15 is 0 Å². The number of benzene rings is 3. The summed E-state index contributed by atoms with van der Waals surface area (Å²) in [5, 5.41) is 11.3. The minimum Gasteiger partial charge on any atom is -0.377 e. The number of H-pyrrole nitrogens is 1. The van der Waals surface area contributed by atoms with Crippen LogP contribution in [0.25, 0.3) is 21.8 Å². The van der Waals surface area contributed by atoms with E-state index in [0.29, 0.717) is 5.17 Å². The van der Waals surface area contributed by atoms with Crippen LogP contribution in [0.3, 0.4) is 0 Å². The van der Waals surface area contributed by atoms with Crippen molar-refractivity contribution in [1.29, 1.82) is 0 Å². The number of aromatic nitrogens is 1. The lowest BCUT2D eigenvalue weighted by molar-refractivity contribution is 1.25. The zero-order valence-electron chi connectivity index (χ0n) is 16.2. The Morgan fingerprint density at radius 2 is 1.93 bits per heavy atom. The number of nitrogens with two attached hydrogens (primary N) is 1. The molecule has 0 saturated carbocycles. The Kier molecular flexibility index (Phi) is 5.74. The maximum Gasteiger partial charge on any atom is 0.180 e. The van der Waals surface area contributed by atoms with Crippen LogP contribution in [0.4, 0.5) is 0 Å². The highest BCUT2D eigenvalue weighted by molar-refractivity contribution is 9.10. The summed E-state index contributed by atoms with van der Waals surface area (Å²) in [6.45, 7) is 4.23. The van der Waals surface area contributed by atoms with Crippen LogP contribution in [-0.2, 0) is 5.75 Å². The highest BCUT2D eigenvalue weighted by Crippen LogP contribution is 2.33. The molecule has 6 heteroatoms. The smallest absolute Gasteiger partial charge is 0.180 e. The van der Waals surface area contributed by atoms with E-state index in [4.69, 9.17) is 5.73 Å². The lowest BCUT2D eigenvalue weighted by atomic mass is 9.99. The summed E-state index contributed by atoms with van der Waals surface area (Å²) >= 11 is 5.06. The van der Waals surface area contributed by atoms with Crippen molar-refractivity contribution in [2.75, 3.05) is 0 Å². The summed E-state index contributed by atoms with van der Waals surface area (Å²) in [6.07, 6.45) is 1.79. The lowest BCUT2D eigenvalue weighted by Crippen LogP contribution is -2.06. The van der Waals surface area contributed by atoms with Gasteiger partial charge in [0.25, 0.3) is 0 Å². The molecule has 0 saturated heterocycles. The van der Waals surface area contributed by atoms with Gasteiger partial charge in [0.2, 0.25) is 0 Å². The number of nitrogens with one attached hydrogen (secondary N) is 1. The van der Waals surface area contributed by atoms with Crippen molar-refractivity contribution in [3.63, 3.8) is 0 Å². The average Bonchev–Trinajstić information content (AvgIpc) is 3.10. The van der Waals surface area contributed by atoms with E-state index < -0.39 is 0 Å². The van der Waals surface area contributed by atoms with Crippen molar-refractivity contribution in [2.24, 2.45) is 15.9 Å². The molecular formula is C23H21BrN4S. The largest absolute Gasteiger partial charge is 0.377 e. The molecule has 4 rings (SSSR count). The zero-order valence-corrected chi connectivity index (χ0v) is 18.6. The lowest BCUT2D eigenvalue weighted by Gasteiger charge is -2.06. The van der Waals surface area contributed by atoms with Gasteiger partial charge in [0.1, 0.15) is 0 Å². The molecule has 1 heterocycles. The van der Waals surface area contributed by atoms with Gasteiger partial charge in [-0.2, -0.15) is 5.10 Å². The van der Waals surface area contributed by atoms with Crippen molar-refractivity contribution in [1.82, 2.24) is 4.98 Å². The van der Waals surface area contributed by atoms with Crippen LogP contribution < -0.4 is 5.73 Å². The third-order valence-electron chi connectivity index (χ3n) is 4.92. The fraction of sp³-hybridized carbons (Fsp3) is 0.130. The van der Waals surface area contributed by atoms with Gasteiger partial charge in [-0.1, -0.05) is 58.0 Å². The molecule has 4 aromatic rings. The predicted molar refractivity (Wildman–Crippen MR) is 130 cm³/mol. The van der Waals surface area contributed by atoms with Crippen molar-refractivity contribution in [3.05, 3.63) is 81.3 Å². The van der Waals surface area contributed by atoms with Gasteiger partial charge in [-0.25, -0.2) is 0 Å². The second-order valence-electron chi connectivity index (χ2n) is 6.93. The Hall–Kier alpha value is -2.57. The van der Waals surface area contributed by atoms with Crippen molar-refractivity contribution >= 4 is 60.9 Å². The van der Waals surface area contributed by atoms with Crippen LogP contribution in [0.1, 0.15) is 22.3 Å². The Morgan fingerprint density at radius 3 is 2.72 bits per heavy atom. The molecule has 0 bridgehead atoms. The first kappa shape index (κ1) is 19.7. The van der Waals surface area contributed by atoms with E-state index in [1.54, 1.807) is 6.21 Å². The molecule has 0 aliphatic heterocycles. The van der Waals surface area contributed by atoms with Crippen molar-refractivity contribution in [3.8, 4) is 0 Å². The summed E-state index contributed by atoms with van der Waals surface area (Å²) < 4.78 is 1.06. The number of aryl methyl sites for hydroxylation is 2. The van der Waals surface area contributed by atoms with E-state index in [9.17, 15) is 0 Å². The SMILES string of the molecule is Cc1cc(C=NN=C(N)SCc2ccccc2)c(C)c2c1[nH]c1ccc(Br)cc12. The van der Waals surface area contributed by atoms with Gasteiger partial charge in [0.05, 0.1) is 6.21 Å². The quantitative estimate of drug-likeness (QED) is 0.212. The van der Waals surface area contributed by atoms with Gasteiger partial charge in [0.15, 0.2) is 5.17 Å². The summed E-state index contributed by atoms with van der Waals surface area (Å²) in [7, 11) is 0. The van der Waals surface area contributed by atoms with Crippen LogP contribution in [0.15, 0.2) is 69.3 Å². The Morgan fingerprint density at radius 1 is 1.14 bits per heavy atom. The van der Waals surface area contributed by atoms with Gasteiger partial charge < -0.3 is 10.7 Å². The average molecular weight is 465 g/mol. The molecule has 0 unspecified atom stereocenters. The van der Waals surface area contributed by atoms with Crippen LogP contribution in [0, 0.1) is 13.8 Å². The van der Waals surface area contributed by atoms with Crippen LogP contribution in [-0.4, -0.2) is 16.4 Å². The predicted octanol–water partition coefficient (Wildman–Crippen LogP) is 6.28. The maximum atomic E-state index is 6.01. The number of aromatic amines is 1. The molecule has 0 aliphatic carbocycles. The number of rotatable bonds is 4. The molecule has 0 aliphatic rings. The van der Waals surface area contributed by atoms with Gasteiger partial charge in [-0.15, -0.1) is 5.10 Å². The molecule has 3 N–H and O–H groups in total. The maximum absolute atomic E-state index is 6.01. The zero-order chi connectivity index (χ0) is 20.4. The monoisotopic (exact) mass is 464 g/mol. The second-order valence-corrected chi connectivity index (χ2v) is 8.84. The van der Waals surface area contributed by atoms with E-state index in [-0.39, 0.29) is 0 Å². The molecule has 146 valence electrons. The van der Waals surface area contributed by atoms with Gasteiger partial charge >= 0.3 is 0 Å². The summed E-state index contributed by atoms with van der Waals surface area (Å²) in [5.41, 5.74) is 12.9. The van der Waals surface area contributed by atoms with Gasteiger partial charge in [-0.3, -0.25) is 0 Å². The van der Waals surface area contributed by atoms with E-state index in [2.05, 4.69) is 81.4 Å². The van der Waals surface area contributed by atoms with Crippen molar-refractivity contribution < 1.29 is 0 Å². The molecule has 0 amide bonds. The fourth-order valence-electron chi connectivity index (χ4n) is 3.45. The van der Waals surface area contributed by atoms with Crippen LogP contribution >= 0.6 is 27.7 Å². The number of nitrogens with zero attached hydrogens (tertiary/aromatic N) is 2.